The molecule has 0 saturated carbocycles. The second-order valence-electron chi connectivity index (χ2n) is 6.49. The smallest absolute Gasteiger partial charge is 0.331 e. The zero-order valence-electron chi connectivity index (χ0n) is 16.4. The molecule has 4 rings (SSSR count). The van der Waals surface area contributed by atoms with Crippen molar-refractivity contribution >= 4 is 29.0 Å². The number of nitrogens with one attached hydrogen (secondary N) is 2. The number of halogens is 1. The van der Waals surface area contributed by atoms with E-state index in [0.29, 0.717) is 28.5 Å². The maximum Gasteiger partial charge on any atom is 0.331 e. The Hall–Kier alpha value is -4.01. The second kappa shape index (κ2) is 8.16. The van der Waals surface area contributed by atoms with Crippen molar-refractivity contribution < 1.29 is 13.9 Å². The van der Waals surface area contributed by atoms with Crippen molar-refractivity contribution in [3.63, 3.8) is 0 Å². The van der Waals surface area contributed by atoms with Gasteiger partial charge in [0.05, 0.1) is 6.61 Å². The number of aryl methyl sites for hydroxylation is 1. The number of esters is 1. The lowest BCUT2D eigenvalue weighted by atomic mass is 10.0. The number of aromatic amines is 1. The molecule has 0 aliphatic heterocycles. The maximum absolute atomic E-state index is 13.4. The van der Waals surface area contributed by atoms with Gasteiger partial charge in [-0.25, -0.2) is 14.2 Å². The highest BCUT2D eigenvalue weighted by atomic mass is 19.1. The van der Waals surface area contributed by atoms with Crippen molar-refractivity contribution in [2.45, 2.75) is 13.8 Å². The van der Waals surface area contributed by atoms with Crippen molar-refractivity contribution in [2.24, 2.45) is 0 Å². The lowest BCUT2D eigenvalue weighted by Gasteiger charge is -2.11. The Bertz CT molecular complexity index is 1230. The van der Waals surface area contributed by atoms with E-state index in [1.54, 1.807) is 23.5 Å². The van der Waals surface area contributed by atoms with E-state index in [1.165, 1.54) is 18.2 Å². The highest BCUT2D eigenvalue weighted by Gasteiger charge is 2.16. The standard InChI is InChI=1S/C21H19FN6O2/c1-3-30-19(29)12-16(14-6-8-15(22)9-7-14)20-24-18-5-4-10-28(18)21(25-20)23-17-11-13(2)26-27-17/h4-12H,3H2,1-2H3,(H2,23,24,25,26,27). The summed E-state index contributed by atoms with van der Waals surface area (Å²) in [6, 6.07) is 11.3. The monoisotopic (exact) mass is 406 g/mol. The van der Waals surface area contributed by atoms with E-state index < -0.39 is 5.97 Å². The molecule has 0 radical (unpaired) electrons. The van der Waals surface area contributed by atoms with Crippen LogP contribution in [0.5, 0.6) is 0 Å². The Morgan fingerprint density at radius 2 is 2.07 bits per heavy atom. The summed E-state index contributed by atoms with van der Waals surface area (Å²) in [5.41, 5.74) is 2.51. The number of nitrogens with zero attached hydrogens (tertiary/aromatic N) is 4. The summed E-state index contributed by atoms with van der Waals surface area (Å²) >= 11 is 0. The Labute approximate surface area is 171 Å². The van der Waals surface area contributed by atoms with Gasteiger partial charge in [0, 0.05) is 29.6 Å². The zero-order valence-corrected chi connectivity index (χ0v) is 16.4. The van der Waals surface area contributed by atoms with E-state index in [1.807, 2.05) is 31.3 Å². The van der Waals surface area contributed by atoms with Crippen molar-refractivity contribution in [3.8, 4) is 0 Å². The summed E-state index contributed by atoms with van der Waals surface area (Å²) in [5, 5.41) is 10.2. The number of benzene rings is 1. The number of hydrogen-bond donors (Lipinski definition) is 2. The SMILES string of the molecule is CCOC(=O)C=C(c1ccc(F)cc1)c1nc(Nc2cc(C)[nH]n2)n2cccc2n1. The van der Waals surface area contributed by atoms with E-state index in [0.717, 1.165) is 5.69 Å². The molecule has 0 saturated heterocycles. The first-order valence-corrected chi connectivity index (χ1v) is 9.32. The van der Waals surface area contributed by atoms with Gasteiger partial charge in [0.25, 0.3) is 0 Å². The van der Waals surface area contributed by atoms with Crippen LogP contribution in [0.4, 0.5) is 16.2 Å². The molecule has 4 aromatic rings. The summed E-state index contributed by atoms with van der Waals surface area (Å²) in [6.07, 6.45) is 3.13. The van der Waals surface area contributed by atoms with Crippen molar-refractivity contribution in [3.05, 3.63) is 77.6 Å². The van der Waals surface area contributed by atoms with Gasteiger partial charge >= 0.3 is 5.97 Å². The highest BCUT2D eigenvalue weighted by Crippen LogP contribution is 2.24. The van der Waals surface area contributed by atoms with Gasteiger partial charge in [-0.1, -0.05) is 12.1 Å². The summed E-state index contributed by atoms with van der Waals surface area (Å²) < 4.78 is 20.3. The third-order valence-corrected chi connectivity index (χ3v) is 4.28. The summed E-state index contributed by atoms with van der Waals surface area (Å²) in [4.78, 5) is 21.4. The largest absolute Gasteiger partial charge is 0.463 e. The quantitative estimate of drug-likeness (QED) is 0.375. The number of anilines is 2. The van der Waals surface area contributed by atoms with Crippen LogP contribution in [0.3, 0.4) is 0 Å². The fraction of sp³-hybridized carbons (Fsp3) is 0.143. The molecule has 0 amide bonds. The molecule has 0 atom stereocenters. The first-order chi connectivity index (χ1) is 14.5. The van der Waals surface area contributed by atoms with E-state index in [4.69, 9.17) is 4.74 Å². The van der Waals surface area contributed by atoms with Crippen molar-refractivity contribution in [1.82, 2.24) is 24.6 Å². The van der Waals surface area contributed by atoms with E-state index in [9.17, 15) is 9.18 Å². The van der Waals surface area contributed by atoms with Crippen LogP contribution in [-0.2, 0) is 9.53 Å². The summed E-state index contributed by atoms with van der Waals surface area (Å²) in [7, 11) is 0. The van der Waals surface area contributed by atoms with E-state index >= 15 is 0 Å². The van der Waals surface area contributed by atoms with E-state index in [2.05, 4.69) is 25.5 Å². The number of H-pyrrole nitrogens is 1. The molecule has 30 heavy (non-hydrogen) atoms. The number of rotatable bonds is 6. The molecular formula is C21H19FN6O2. The molecule has 8 nitrogen and oxygen atoms in total. The van der Waals surface area contributed by atoms with Crippen LogP contribution >= 0.6 is 0 Å². The Morgan fingerprint density at radius 1 is 1.27 bits per heavy atom. The van der Waals surface area contributed by atoms with Gasteiger partial charge in [0.1, 0.15) is 11.5 Å². The molecule has 0 bridgehead atoms. The number of ether oxygens (including phenoxy) is 1. The maximum atomic E-state index is 13.4. The number of aromatic nitrogens is 5. The van der Waals surface area contributed by atoms with Gasteiger partial charge in [0.15, 0.2) is 11.6 Å². The van der Waals surface area contributed by atoms with Gasteiger partial charge in [0.2, 0.25) is 5.95 Å². The van der Waals surface area contributed by atoms with Crippen molar-refractivity contribution in [1.29, 1.82) is 0 Å². The number of carbonyl (C=O) groups is 1. The van der Waals surface area contributed by atoms with Gasteiger partial charge in [-0.05, 0) is 43.7 Å². The molecule has 1 aromatic carbocycles. The van der Waals surface area contributed by atoms with Crippen molar-refractivity contribution in [2.75, 3.05) is 11.9 Å². The van der Waals surface area contributed by atoms with Crippen LogP contribution in [0.2, 0.25) is 0 Å². The molecule has 0 aliphatic carbocycles. The zero-order chi connectivity index (χ0) is 21.1. The predicted molar refractivity (Wildman–Crippen MR) is 110 cm³/mol. The molecular weight excluding hydrogens is 387 g/mol. The Balaban J connectivity index is 1.84. The molecule has 3 heterocycles. The topological polar surface area (TPSA) is 97.2 Å². The predicted octanol–water partition coefficient (Wildman–Crippen LogP) is 3.64. The summed E-state index contributed by atoms with van der Waals surface area (Å²) in [6.45, 7) is 3.85. The normalized spacial score (nSPS) is 11.6. The molecule has 0 fully saturated rings. The van der Waals surface area contributed by atoms with Gasteiger partial charge in [-0.2, -0.15) is 10.1 Å². The van der Waals surface area contributed by atoms with Crippen LogP contribution in [0.1, 0.15) is 24.0 Å². The first-order valence-electron chi connectivity index (χ1n) is 9.32. The summed E-state index contributed by atoms with van der Waals surface area (Å²) in [5.74, 6) is 0.422. The highest BCUT2D eigenvalue weighted by molar-refractivity contribution is 5.95. The van der Waals surface area contributed by atoms with E-state index in [-0.39, 0.29) is 18.2 Å². The van der Waals surface area contributed by atoms with Crippen LogP contribution in [0.15, 0.2) is 54.7 Å². The van der Waals surface area contributed by atoms with Crippen LogP contribution in [0, 0.1) is 12.7 Å². The molecule has 0 spiro atoms. The molecule has 0 aliphatic rings. The molecule has 9 heteroatoms. The fourth-order valence-corrected chi connectivity index (χ4v) is 2.94. The molecule has 0 unspecified atom stereocenters. The third-order valence-electron chi connectivity index (χ3n) is 4.28. The lowest BCUT2D eigenvalue weighted by molar-refractivity contribution is -0.137. The minimum Gasteiger partial charge on any atom is -0.463 e. The lowest BCUT2D eigenvalue weighted by Crippen LogP contribution is -2.08. The minimum atomic E-state index is -0.534. The number of hydrogen-bond acceptors (Lipinski definition) is 6. The van der Waals surface area contributed by atoms with Gasteiger partial charge < -0.3 is 10.1 Å². The van der Waals surface area contributed by atoms with Crippen LogP contribution in [-0.4, -0.2) is 37.1 Å². The molecule has 152 valence electrons. The Morgan fingerprint density at radius 3 is 2.77 bits per heavy atom. The first kappa shape index (κ1) is 19.3. The average molecular weight is 406 g/mol. The number of fused-ring (bicyclic) bond motifs is 1. The minimum absolute atomic E-state index is 0.232. The second-order valence-corrected chi connectivity index (χ2v) is 6.49. The number of carbonyl (C=O) groups excluding carboxylic acids is 1. The Kier molecular flexibility index (Phi) is 5.25. The van der Waals surface area contributed by atoms with Gasteiger partial charge in [-0.3, -0.25) is 9.50 Å². The fourth-order valence-electron chi connectivity index (χ4n) is 2.94. The molecule has 3 aromatic heterocycles. The van der Waals surface area contributed by atoms with Crippen LogP contribution < -0.4 is 5.32 Å². The van der Waals surface area contributed by atoms with Crippen LogP contribution in [0.25, 0.3) is 11.2 Å². The van der Waals surface area contributed by atoms with Gasteiger partial charge in [-0.15, -0.1) is 0 Å². The average Bonchev–Trinajstić information content (AvgIpc) is 3.36. The molecule has 2 N–H and O–H groups in total. The third kappa shape index (κ3) is 4.04.